The first-order chi connectivity index (χ1) is 7.83. The Morgan fingerprint density at radius 2 is 1.88 bits per heavy atom. The first-order valence-electron chi connectivity index (χ1n) is 5.13. The molecule has 0 radical (unpaired) electrons. The molecule has 16 heavy (non-hydrogen) atoms. The molecule has 0 aliphatic rings. The molecule has 0 bridgehead atoms. The predicted octanol–water partition coefficient (Wildman–Crippen LogP) is 4.04. The summed E-state index contributed by atoms with van der Waals surface area (Å²) in [6.45, 7) is 2.53. The molecular formula is C14H12BrN. The monoisotopic (exact) mass is 273 g/mol. The molecule has 0 heterocycles. The van der Waals surface area contributed by atoms with Crippen LogP contribution in [0, 0.1) is 11.8 Å². The van der Waals surface area contributed by atoms with Crippen molar-refractivity contribution in [2.24, 2.45) is 0 Å². The first kappa shape index (κ1) is 11.0. The van der Waals surface area contributed by atoms with E-state index in [0.717, 1.165) is 10.2 Å². The number of hydrogen-bond acceptors (Lipinski definition) is 1. The largest absolute Gasteiger partial charge is 0.374 e. The van der Waals surface area contributed by atoms with E-state index in [9.17, 15) is 0 Å². The van der Waals surface area contributed by atoms with Crippen LogP contribution < -0.4 is 5.32 Å². The number of benzene rings is 2. The van der Waals surface area contributed by atoms with E-state index in [1.807, 2.05) is 19.1 Å². The summed E-state index contributed by atoms with van der Waals surface area (Å²) < 4.78 is 1.12. The van der Waals surface area contributed by atoms with Crippen molar-refractivity contribution >= 4 is 32.4 Å². The maximum atomic E-state index is 3.56. The van der Waals surface area contributed by atoms with E-state index in [1.165, 1.54) is 10.8 Å². The van der Waals surface area contributed by atoms with Gasteiger partial charge in [-0.15, -0.1) is 5.92 Å². The number of anilines is 1. The molecule has 0 aromatic heterocycles. The zero-order valence-corrected chi connectivity index (χ0v) is 10.6. The zero-order chi connectivity index (χ0) is 11.4. The van der Waals surface area contributed by atoms with Crippen molar-refractivity contribution in [3.05, 3.63) is 40.9 Å². The van der Waals surface area contributed by atoms with Gasteiger partial charge in [0.05, 0.1) is 6.54 Å². The average molecular weight is 274 g/mol. The summed E-state index contributed by atoms with van der Waals surface area (Å²) in [5.74, 6) is 5.88. The van der Waals surface area contributed by atoms with Gasteiger partial charge in [0.1, 0.15) is 0 Å². The summed E-state index contributed by atoms with van der Waals surface area (Å²) in [4.78, 5) is 0. The minimum Gasteiger partial charge on any atom is -0.374 e. The molecule has 80 valence electrons. The Bertz CT molecular complexity index is 564. The molecule has 0 fully saturated rings. The molecule has 2 aromatic rings. The van der Waals surface area contributed by atoms with E-state index in [2.05, 4.69) is 57.4 Å². The van der Waals surface area contributed by atoms with E-state index in [4.69, 9.17) is 0 Å². The van der Waals surface area contributed by atoms with E-state index in [-0.39, 0.29) is 0 Å². The molecule has 0 spiro atoms. The third-order valence-corrected chi connectivity index (χ3v) is 3.11. The maximum Gasteiger partial charge on any atom is 0.0766 e. The third kappa shape index (κ3) is 2.20. The highest BCUT2D eigenvalue weighted by atomic mass is 79.9. The van der Waals surface area contributed by atoms with Crippen LogP contribution in [0.1, 0.15) is 6.92 Å². The van der Waals surface area contributed by atoms with Crippen LogP contribution in [0.5, 0.6) is 0 Å². The molecule has 0 saturated carbocycles. The quantitative estimate of drug-likeness (QED) is 0.815. The van der Waals surface area contributed by atoms with E-state index < -0.39 is 0 Å². The fourth-order valence-corrected chi connectivity index (χ4v) is 2.12. The number of rotatable bonds is 2. The van der Waals surface area contributed by atoms with E-state index >= 15 is 0 Å². The van der Waals surface area contributed by atoms with Crippen LogP contribution in [0.3, 0.4) is 0 Å². The van der Waals surface area contributed by atoms with Crippen molar-refractivity contribution in [3.8, 4) is 11.8 Å². The van der Waals surface area contributed by atoms with E-state index in [1.54, 1.807) is 0 Å². The minimum atomic E-state index is 0.683. The second kappa shape index (κ2) is 5.05. The normalized spacial score (nSPS) is 9.62. The van der Waals surface area contributed by atoms with Crippen LogP contribution in [0.4, 0.5) is 5.69 Å². The smallest absolute Gasteiger partial charge is 0.0766 e. The van der Waals surface area contributed by atoms with Gasteiger partial charge in [-0.05, 0) is 24.4 Å². The SMILES string of the molecule is CC#CCNc1ccc(Br)c2ccccc12. The van der Waals surface area contributed by atoms with Gasteiger partial charge in [-0.3, -0.25) is 0 Å². The van der Waals surface area contributed by atoms with Gasteiger partial charge in [0.2, 0.25) is 0 Å². The highest BCUT2D eigenvalue weighted by molar-refractivity contribution is 9.10. The average Bonchev–Trinajstić information content (AvgIpc) is 2.33. The van der Waals surface area contributed by atoms with Gasteiger partial charge < -0.3 is 5.32 Å². The summed E-state index contributed by atoms with van der Waals surface area (Å²) in [6.07, 6.45) is 0. The Kier molecular flexibility index (Phi) is 3.48. The lowest BCUT2D eigenvalue weighted by Crippen LogP contribution is -1.99. The molecule has 0 atom stereocenters. The molecule has 1 nitrogen and oxygen atoms in total. The highest BCUT2D eigenvalue weighted by Crippen LogP contribution is 2.29. The second-order valence-electron chi connectivity index (χ2n) is 3.42. The Labute approximate surface area is 104 Å². The summed E-state index contributed by atoms with van der Waals surface area (Å²) in [5, 5.41) is 5.76. The summed E-state index contributed by atoms with van der Waals surface area (Å²) >= 11 is 3.56. The Morgan fingerprint density at radius 1 is 1.12 bits per heavy atom. The molecule has 0 aliphatic carbocycles. The van der Waals surface area contributed by atoms with Crippen molar-refractivity contribution in [2.75, 3.05) is 11.9 Å². The summed E-state index contributed by atoms with van der Waals surface area (Å²) in [6, 6.07) is 12.4. The zero-order valence-electron chi connectivity index (χ0n) is 9.05. The lowest BCUT2D eigenvalue weighted by molar-refractivity contribution is 1.39. The van der Waals surface area contributed by atoms with Crippen LogP contribution in [-0.4, -0.2) is 6.54 Å². The molecule has 2 aromatic carbocycles. The molecule has 0 aliphatic heterocycles. The van der Waals surface area contributed by atoms with Crippen LogP contribution >= 0.6 is 15.9 Å². The van der Waals surface area contributed by atoms with Crippen molar-refractivity contribution in [1.29, 1.82) is 0 Å². The van der Waals surface area contributed by atoms with Gasteiger partial charge in [-0.25, -0.2) is 0 Å². The summed E-state index contributed by atoms with van der Waals surface area (Å²) in [7, 11) is 0. The lowest BCUT2D eigenvalue weighted by Gasteiger charge is -2.08. The topological polar surface area (TPSA) is 12.0 Å². The lowest BCUT2D eigenvalue weighted by atomic mass is 10.1. The molecule has 2 heteroatoms. The third-order valence-electron chi connectivity index (χ3n) is 2.41. The Hall–Kier alpha value is -1.46. The number of fused-ring (bicyclic) bond motifs is 1. The van der Waals surface area contributed by atoms with Crippen molar-refractivity contribution < 1.29 is 0 Å². The van der Waals surface area contributed by atoms with Gasteiger partial charge >= 0.3 is 0 Å². The fraction of sp³-hybridized carbons (Fsp3) is 0.143. The van der Waals surface area contributed by atoms with E-state index in [0.29, 0.717) is 6.54 Å². The van der Waals surface area contributed by atoms with Gasteiger partial charge in [0.25, 0.3) is 0 Å². The van der Waals surface area contributed by atoms with Crippen LogP contribution in [0.2, 0.25) is 0 Å². The minimum absolute atomic E-state index is 0.683. The summed E-state index contributed by atoms with van der Waals surface area (Å²) in [5.41, 5.74) is 1.13. The highest BCUT2D eigenvalue weighted by Gasteiger charge is 2.02. The first-order valence-corrected chi connectivity index (χ1v) is 5.93. The van der Waals surface area contributed by atoms with Crippen LogP contribution in [0.15, 0.2) is 40.9 Å². The second-order valence-corrected chi connectivity index (χ2v) is 4.28. The maximum absolute atomic E-state index is 3.56. The molecule has 0 amide bonds. The van der Waals surface area contributed by atoms with Crippen molar-refractivity contribution in [3.63, 3.8) is 0 Å². The van der Waals surface area contributed by atoms with Crippen molar-refractivity contribution in [1.82, 2.24) is 0 Å². The molecule has 2 rings (SSSR count). The van der Waals surface area contributed by atoms with Gasteiger partial charge in [-0.1, -0.05) is 46.1 Å². The Balaban J connectivity index is 2.44. The molecule has 0 saturated heterocycles. The predicted molar refractivity (Wildman–Crippen MR) is 73.6 cm³/mol. The number of hydrogen-bond donors (Lipinski definition) is 1. The number of halogens is 1. The molecule has 1 N–H and O–H groups in total. The fourth-order valence-electron chi connectivity index (χ4n) is 1.64. The van der Waals surface area contributed by atoms with Gasteiger partial charge in [-0.2, -0.15) is 0 Å². The van der Waals surface area contributed by atoms with Gasteiger partial charge in [0, 0.05) is 15.5 Å². The van der Waals surface area contributed by atoms with Crippen LogP contribution in [0.25, 0.3) is 10.8 Å². The standard InChI is InChI=1S/C14H12BrN/c1-2-3-10-16-14-9-8-13(15)11-6-4-5-7-12(11)14/h4-9,16H,10H2,1H3. The van der Waals surface area contributed by atoms with Crippen LogP contribution in [-0.2, 0) is 0 Å². The molecular weight excluding hydrogens is 262 g/mol. The van der Waals surface area contributed by atoms with Gasteiger partial charge in [0.15, 0.2) is 0 Å². The van der Waals surface area contributed by atoms with Crippen molar-refractivity contribution in [2.45, 2.75) is 6.92 Å². The number of nitrogens with one attached hydrogen (secondary N) is 1. The Morgan fingerprint density at radius 3 is 2.62 bits per heavy atom. The molecule has 0 unspecified atom stereocenters.